The Morgan fingerprint density at radius 1 is 1.19 bits per heavy atom. The quantitative estimate of drug-likeness (QED) is 0.729. The van der Waals surface area contributed by atoms with E-state index in [-0.39, 0.29) is 11.7 Å². The number of nitrogens with zero attached hydrogens (tertiary/aromatic N) is 2. The van der Waals surface area contributed by atoms with Gasteiger partial charge in [-0.2, -0.15) is 0 Å². The lowest BCUT2D eigenvalue weighted by Gasteiger charge is -2.34. The summed E-state index contributed by atoms with van der Waals surface area (Å²) in [6.07, 6.45) is 3.37. The number of halogens is 2. The summed E-state index contributed by atoms with van der Waals surface area (Å²) in [6, 6.07) is 12.0. The second kappa shape index (κ2) is 9.02. The van der Waals surface area contributed by atoms with Gasteiger partial charge in [0.25, 0.3) is 0 Å². The minimum atomic E-state index is -0.332. The number of carbonyl (C=O) groups excluding carboxylic acids is 1. The number of carbonyl (C=O) groups is 1. The largest absolute Gasteiger partial charge is 0.496 e. The Hall–Kier alpha value is -2.37. The van der Waals surface area contributed by atoms with Crippen LogP contribution in [0.5, 0.6) is 5.75 Å². The average molecular weight is 389 g/mol. The summed E-state index contributed by atoms with van der Waals surface area (Å²) in [6.45, 7) is 3.45. The molecule has 1 fully saturated rings. The molecule has 4 nitrogen and oxygen atoms in total. The van der Waals surface area contributed by atoms with Gasteiger partial charge in [0.1, 0.15) is 11.6 Å². The van der Waals surface area contributed by atoms with Crippen LogP contribution in [0.3, 0.4) is 0 Å². The molecule has 0 saturated carbocycles. The van der Waals surface area contributed by atoms with Gasteiger partial charge in [-0.15, -0.1) is 0 Å². The van der Waals surface area contributed by atoms with Gasteiger partial charge in [0, 0.05) is 49.4 Å². The van der Waals surface area contributed by atoms with E-state index < -0.39 is 0 Å². The molecule has 1 saturated heterocycles. The number of methoxy groups -OCH3 is 1. The second-order valence-corrected chi connectivity index (χ2v) is 6.82. The third kappa shape index (κ3) is 5.08. The van der Waals surface area contributed by atoms with Gasteiger partial charge in [0.15, 0.2) is 0 Å². The maximum atomic E-state index is 13.2. The summed E-state index contributed by atoms with van der Waals surface area (Å²) >= 11 is 6.10. The molecule has 3 rings (SSSR count). The first kappa shape index (κ1) is 19.4. The number of ether oxygens (including phenoxy) is 1. The molecule has 6 heteroatoms. The van der Waals surface area contributed by atoms with Crippen molar-refractivity contribution in [1.29, 1.82) is 0 Å². The fraction of sp³-hybridized carbons (Fsp3) is 0.286. The van der Waals surface area contributed by atoms with Crippen molar-refractivity contribution < 1.29 is 13.9 Å². The SMILES string of the molecule is COc1ccccc1/C=C/C(=O)N1CCN(Cc2ccc(F)cc2Cl)CC1. The summed E-state index contributed by atoms with van der Waals surface area (Å²) in [5.41, 5.74) is 1.77. The van der Waals surface area contributed by atoms with Gasteiger partial charge in [-0.05, 0) is 29.8 Å². The number of amides is 1. The van der Waals surface area contributed by atoms with Crippen LogP contribution >= 0.6 is 11.6 Å². The first-order chi connectivity index (χ1) is 13.1. The average Bonchev–Trinajstić information content (AvgIpc) is 2.69. The van der Waals surface area contributed by atoms with Crippen molar-refractivity contribution in [3.63, 3.8) is 0 Å². The van der Waals surface area contributed by atoms with Gasteiger partial charge in [0.05, 0.1) is 7.11 Å². The Balaban J connectivity index is 1.54. The van der Waals surface area contributed by atoms with Crippen molar-refractivity contribution in [3.05, 3.63) is 70.5 Å². The molecule has 0 radical (unpaired) electrons. The van der Waals surface area contributed by atoms with Gasteiger partial charge >= 0.3 is 0 Å². The third-order valence-electron chi connectivity index (χ3n) is 4.64. The van der Waals surface area contributed by atoms with E-state index in [1.54, 1.807) is 25.3 Å². The molecule has 0 aromatic heterocycles. The summed E-state index contributed by atoms with van der Waals surface area (Å²) in [7, 11) is 1.61. The molecule has 0 spiro atoms. The van der Waals surface area contributed by atoms with Crippen LogP contribution < -0.4 is 4.74 Å². The highest BCUT2D eigenvalue weighted by molar-refractivity contribution is 6.31. The van der Waals surface area contributed by atoms with Crippen molar-refractivity contribution in [2.45, 2.75) is 6.54 Å². The van der Waals surface area contributed by atoms with Crippen molar-refractivity contribution >= 4 is 23.6 Å². The Morgan fingerprint density at radius 3 is 2.63 bits per heavy atom. The van der Waals surface area contributed by atoms with E-state index in [1.165, 1.54) is 12.1 Å². The summed E-state index contributed by atoms with van der Waals surface area (Å²) < 4.78 is 18.4. The molecule has 27 heavy (non-hydrogen) atoms. The molecule has 1 heterocycles. The monoisotopic (exact) mass is 388 g/mol. The summed E-state index contributed by atoms with van der Waals surface area (Å²) in [4.78, 5) is 16.5. The number of benzene rings is 2. The van der Waals surface area contributed by atoms with Crippen LogP contribution in [0.4, 0.5) is 4.39 Å². The summed E-state index contributed by atoms with van der Waals surface area (Å²) in [5, 5.41) is 0.438. The highest BCUT2D eigenvalue weighted by Gasteiger charge is 2.20. The van der Waals surface area contributed by atoms with Crippen LogP contribution in [-0.2, 0) is 11.3 Å². The number of rotatable bonds is 5. The first-order valence-electron chi connectivity index (χ1n) is 8.83. The molecule has 0 aliphatic carbocycles. The van der Waals surface area contributed by atoms with Gasteiger partial charge < -0.3 is 9.64 Å². The molecule has 1 aliphatic heterocycles. The lowest BCUT2D eigenvalue weighted by Crippen LogP contribution is -2.47. The fourth-order valence-electron chi connectivity index (χ4n) is 3.09. The standard InChI is InChI=1S/C21H22ClFN2O2/c1-27-20-5-3-2-4-16(20)7-9-21(26)25-12-10-24(11-13-25)15-17-6-8-18(23)14-19(17)22/h2-9,14H,10-13,15H2,1H3/b9-7+. The van der Waals surface area contributed by atoms with Crippen LogP contribution in [0, 0.1) is 5.82 Å². The molecule has 0 unspecified atom stereocenters. The third-order valence-corrected chi connectivity index (χ3v) is 4.99. The van der Waals surface area contributed by atoms with Crippen LogP contribution in [0.25, 0.3) is 6.08 Å². The van der Waals surface area contributed by atoms with E-state index in [2.05, 4.69) is 4.90 Å². The van der Waals surface area contributed by atoms with E-state index in [0.29, 0.717) is 24.7 Å². The maximum Gasteiger partial charge on any atom is 0.246 e. The van der Waals surface area contributed by atoms with Crippen LogP contribution in [0.2, 0.25) is 5.02 Å². The van der Waals surface area contributed by atoms with Crippen LogP contribution in [-0.4, -0.2) is 49.0 Å². The number of hydrogen-bond acceptors (Lipinski definition) is 3. The maximum absolute atomic E-state index is 13.2. The van der Waals surface area contributed by atoms with Crippen LogP contribution in [0.1, 0.15) is 11.1 Å². The van der Waals surface area contributed by atoms with Crippen molar-refractivity contribution in [2.75, 3.05) is 33.3 Å². The predicted octanol–water partition coefficient (Wildman–Crippen LogP) is 3.85. The smallest absolute Gasteiger partial charge is 0.246 e. The second-order valence-electron chi connectivity index (χ2n) is 6.41. The zero-order valence-corrected chi connectivity index (χ0v) is 16.0. The van der Waals surface area contributed by atoms with Crippen molar-refractivity contribution in [3.8, 4) is 5.75 Å². The molecular formula is C21H22ClFN2O2. The topological polar surface area (TPSA) is 32.8 Å². The van der Waals surface area contributed by atoms with E-state index >= 15 is 0 Å². The normalized spacial score (nSPS) is 15.3. The lowest BCUT2D eigenvalue weighted by molar-refractivity contribution is -0.127. The van der Waals surface area contributed by atoms with Crippen LogP contribution in [0.15, 0.2) is 48.5 Å². The highest BCUT2D eigenvalue weighted by atomic mass is 35.5. The predicted molar refractivity (Wildman–Crippen MR) is 105 cm³/mol. The molecule has 0 bridgehead atoms. The lowest BCUT2D eigenvalue weighted by atomic mass is 10.1. The van der Waals surface area contributed by atoms with E-state index in [9.17, 15) is 9.18 Å². The number of hydrogen-bond donors (Lipinski definition) is 0. The van der Waals surface area contributed by atoms with Crippen molar-refractivity contribution in [1.82, 2.24) is 9.80 Å². The molecule has 2 aromatic carbocycles. The Labute approximate surface area is 163 Å². The Kier molecular flexibility index (Phi) is 6.48. The molecule has 1 amide bonds. The Morgan fingerprint density at radius 2 is 1.93 bits per heavy atom. The number of para-hydroxylation sites is 1. The molecule has 0 N–H and O–H groups in total. The van der Waals surface area contributed by atoms with Gasteiger partial charge in [-0.1, -0.05) is 35.9 Å². The zero-order chi connectivity index (χ0) is 19.2. The Bertz CT molecular complexity index is 833. The minimum Gasteiger partial charge on any atom is -0.496 e. The fourth-order valence-corrected chi connectivity index (χ4v) is 3.31. The van der Waals surface area contributed by atoms with E-state index in [1.807, 2.05) is 29.2 Å². The van der Waals surface area contributed by atoms with E-state index in [0.717, 1.165) is 30.0 Å². The van der Waals surface area contributed by atoms with Crippen molar-refractivity contribution in [2.24, 2.45) is 0 Å². The van der Waals surface area contributed by atoms with Gasteiger partial charge in [-0.25, -0.2) is 4.39 Å². The molecule has 1 aliphatic rings. The van der Waals surface area contributed by atoms with Gasteiger partial charge in [-0.3, -0.25) is 9.69 Å². The zero-order valence-electron chi connectivity index (χ0n) is 15.2. The molecule has 0 atom stereocenters. The summed E-state index contributed by atoms with van der Waals surface area (Å²) in [5.74, 6) is 0.393. The van der Waals surface area contributed by atoms with E-state index in [4.69, 9.17) is 16.3 Å². The highest BCUT2D eigenvalue weighted by Crippen LogP contribution is 2.21. The molecule has 2 aromatic rings. The van der Waals surface area contributed by atoms with Gasteiger partial charge in [0.2, 0.25) is 5.91 Å². The molecular weight excluding hydrogens is 367 g/mol. The first-order valence-corrected chi connectivity index (χ1v) is 9.21. The number of piperazine rings is 1. The minimum absolute atomic E-state index is 0.0135. The molecule has 142 valence electrons.